The highest BCUT2D eigenvalue weighted by molar-refractivity contribution is 7.90. The number of anilines is 3. The van der Waals surface area contributed by atoms with E-state index in [-0.39, 0.29) is 10.7 Å². The van der Waals surface area contributed by atoms with Gasteiger partial charge in [-0.05, 0) is 48.5 Å². The van der Waals surface area contributed by atoms with Gasteiger partial charge in [0.2, 0.25) is 0 Å². The first-order chi connectivity index (χ1) is 14.3. The van der Waals surface area contributed by atoms with Gasteiger partial charge in [-0.25, -0.2) is 4.79 Å². The zero-order valence-corrected chi connectivity index (χ0v) is 17.5. The van der Waals surface area contributed by atoms with E-state index in [1.165, 1.54) is 24.3 Å². The molecule has 30 heavy (non-hydrogen) atoms. The third kappa shape index (κ3) is 4.25. The van der Waals surface area contributed by atoms with Gasteiger partial charge in [0, 0.05) is 22.0 Å². The van der Waals surface area contributed by atoms with Gasteiger partial charge < -0.3 is 16.0 Å². The molecule has 3 aromatic rings. The highest BCUT2D eigenvalue weighted by Crippen LogP contribution is 2.32. The topological polar surface area (TPSA) is 99.7 Å². The monoisotopic (exact) mass is 460 g/mol. The Bertz CT molecular complexity index is 1280. The van der Waals surface area contributed by atoms with Crippen molar-refractivity contribution in [1.29, 1.82) is 0 Å². The first-order valence-electron chi connectivity index (χ1n) is 8.66. The molecule has 1 heterocycles. The first-order valence-corrected chi connectivity index (χ1v) is 10.9. The average molecular weight is 461 g/mol. The molecule has 3 N–H and O–H groups in total. The number of benzene rings is 3. The molecule has 0 saturated carbocycles. The van der Waals surface area contributed by atoms with E-state index in [9.17, 15) is 13.2 Å². The zero-order chi connectivity index (χ0) is 21.3. The number of nitrogens with one attached hydrogen (secondary N) is 3. The Labute approximate surface area is 182 Å². The summed E-state index contributed by atoms with van der Waals surface area (Å²) in [5.74, 6) is 0.0985. The second-order valence-electron chi connectivity index (χ2n) is 6.32. The summed E-state index contributed by atoms with van der Waals surface area (Å²) in [6.45, 7) is 0. The lowest BCUT2D eigenvalue weighted by Gasteiger charge is -2.11. The van der Waals surface area contributed by atoms with Crippen LogP contribution in [0.3, 0.4) is 0 Å². The van der Waals surface area contributed by atoms with E-state index in [1.807, 2.05) is 6.07 Å². The molecule has 0 radical (unpaired) electrons. The summed E-state index contributed by atoms with van der Waals surface area (Å²) in [6, 6.07) is 17.7. The molecule has 3 aromatic carbocycles. The van der Waals surface area contributed by atoms with Crippen LogP contribution < -0.4 is 16.0 Å². The number of amides is 2. The van der Waals surface area contributed by atoms with Crippen LogP contribution in [0.5, 0.6) is 0 Å². The predicted octanol–water partition coefficient (Wildman–Crippen LogP) is 5.20. The number of amidine groups is 1. The smallest absolute Gasteiger partial charge is 0.323 e. The molecule has 4 rings (SSSR count). The third-order valence-corrected chi connectivity index (χ3v) is 6.08. The Morgan fingerprint density at radius 3 is 2.33 bits per heavy atom. The SMILES string of the molecule is O=C(Nc1ccccc1)Nc1ccc2c(c1)C(Nc1ccc(Cl)cc1Cl)=NS2(=O)=O. The first kappa shape index (κ1) is 20.2. The summed E-state index contributed by atoms with van der Waals surface area (Å²) in [5, 5.41) is 9.05. The number of para-hydroxylation sites is 1. The van der Waals surface area contributed by atoms with E-state index in [0.29, 0.717) is 32.7 Å². The third-order valence-electron chi connectivity index (χ3n) is 4.20. The largest absolute Gasteiger partial charge is 0.338 e. The summed E-state index contributed by atoms with van der Waals surface area (Å²) in [4.78, 5) is 12.3. The van der Waals surface area contributed by atoms with Gasteiger partial charge in [0.25, 0.3) is 10.0 Å². The van der Waals surface area contributed by atoms with Crippen LogP contribution in [-0.2, 0) is 10.0 Å². The van der Waals surface area contributed by atoms with Crippen LogP contribution in [0.25, 0.3) is 0 Å². The second kappa shape index (κ2) is 7.98. The van der Waals surface area contributed by atoms with Gasteiger partial charge in [0.05, 0.1) is 10.7 Å². The lowest BCUT2D eigenvalue weighted by atomic mass is 10.1. The normalized spacial score (nSPS) is 13.9. The Morgan fingerprint density at radius 1 is 0.867 bits per heavy atom. The maximum atomic E-state index is 12.4. The highest BCUT2D eigenvalue weighted by atomic mass is 35.5. The molecule has 152 valence electrons. The van der Waals surface area contributed by atoms with Gasteiger partial charge in [-0.1, -0.05) is 41.4 Å². The summed E-state index contributed by atoms with van der Waals surface area (Å²) < 4.78 is 28.6. The number of nitrogens with zero attached hydrogens (tertiary/aromatic N) is 1. The Kier molecular flexibility index (Phi) is 5.38. The standard InChI is InChI=1S/C20H14Cl2N4O3S/c21-12-6-8-17(16(22)10-12)25-19-15-11-14(7-9-18(15)30(28,29)26-19)24-20(27)23-13-4-2-1-3-5-13/h1-11H,(H,25,26)(H2,23,24,27). The fourth-order valence-corrected chi connectivity index (χ4v) is 4.47. The van der Waals surface area contributed by atoms with E-state index in [4.69, 9.17) is 23.2 Å². The van der Waals surface area contributed by atoms with Gasteiger partial charge in [-0.15, -0.1) is 4.40 Å². The van der Waals surface area contributed by atoms with E-state index in [1.54, 1.807) is 36.4 Å². The summed E-state index contributed by atoms with van der Waals surface area (Å²) in [6.07, 6.45) is 0. The number of carbonyl (C=O) groups is 1. The van der Waals surface area contributed by atoms with Crippen LogP contribution in [0.1, 0.15) is 5.56 Å². The Hall–Kier alpha value is -3.07. The minimum absolute atomic E-state index is 0.0316. The molecule has 0 fully saturated rings. The maximum absolute atomic E-state index is 12.4. The predicted molar refractivity (Wildman–Crippen MR) is 119 cm³/mol. The number of sulfonamides is 1. The molecule has 0 atom stereocenters. The van der Waals surface area contributed by atoms with E-state index in [2.05, 4.69) is 20.3 Å². The van der Waals surface area contributed by atoms with Gasteiger partial charge in [0.15, 0.2) is 5.84 Å². The van der Waals surface area contributed by atoms with E-state index in [0.717, 1.165) is 0 Å². The molecule has 0 saturated heterocycles. The van der Waals surface area contributed by atoms with E-state index < -0.39 is 16.1 Å². The van der Waals surface area contributed by atoms with Crippen LogP contribution in [0, 0.1) is 0 Å². The number of fused-ring (bicyclic) bond motifs is 1. The minimum Gasteiger partial charge on any atom is -0.338 e. The molecule has 1 aliphatic rings. The van der Waals surface area contributed by atoms with Crippen molar-refractivity contribution in [3.63, 3.8) is 0 Å². The molecule has 7 nitrogen and oxygen atoms in total. The van der Waals surface area contributed by atoms with Gasteiger partial charge in [-0.2, -0.15) is 8.42 Å². The van der Waals surface area contributed by atoms with Crippen LogP contribution >= 0.6 is 23.2 Å². The molecule has 0 aromatic heterocycles. The van der Waals surface area contributed by atoms with Crippen molar-refractivity contribution in [3.05, 3.63) is 82.3 Å². The van der Waals surface area contributed by atoms with Crippen molar-refractivity contribution >= 4 is 62.2 Å². The number of hydrogen-bond acceptors (Lipinski definition) is 4. The molecule has 0 spiro atoms. The Morgan fingerprint density at radius 2 is 1.60 bits per heavy atom. The molecule has 2 amide bonds. The van der Waals surface area contributed by atoms with Crippen LogP contribution in [0.4, 0.5) is 21.9 Å². The quantitative estimate of drug-likeness (QED) is 0.499. The highest BCUT2D eigenvalue weighted by Gasteiger charge is 2.29. The molecule has 1 aliphatic heterocycles. The molecule has 0 aliphatic carbocycles. The van der Waals surface area contributed by atoms with Crippen LogP contribution in [-0.4, -0.2) is 20.3 Å². The maximum Gasteiger partial charge on any atom is 0.323 e. The lowest BCUT2D eigenvalue weighted by Crippen LogP contribution is -2.20. The molecular formula is C20H14Cl2N4O3S. The molecule has 10 heteroatoms. The van der Waals surface area contributed by atoms with E-state index >= 15 is 0 Å². The summed E-state index contributed by atoms with van der Waals surface area (Å²) >= 11 is 12.1. The van der Waals surface area contributed by atoms with Gasteiger partial charge in [-0.3, -0.25) is 0 Å². The fraction of sp³-hybridized carbons (Fsp3) is 0. The Balaban J connectivity index is 1.59. The number of halogens is 2. The van der Waals surface area contributed by atoms with Crippen LogP contribution in [0.2, 0.25) is 10.0 Å². The van der Waals surface area contributed by atoms with Crippen molar-refractivity contribution in [2.24, 2.45) is 4.40 Å². The second-order valence-corrected chi connectivity index (χ2v) is 8.74. The fourth-order valence-electron chi connectivity index (χ4n) is 2.86. The molecule has 0 unspecified atom stereocenters. The average Bonchev–Trinajstić information content (AvgIpc) is 2.94. The van der Waals surface area contributed by atoms with Gasteiger partial charge in [0.1, 0.15) is 4.90 Å². The van der Waals surface area contributed by atoms with Crippen LogP contribution in [0.15, 0.2) is 76.0 Å². The number of carbonyl (C=O) groups excluding carboxylic acids is 1. The van der Waals surface area contributed by atoms with Crippen molar-refractivity contribution in [1.82, 2.24) is 0 Å². The number of hydrogen-bond donors (Lipinski definition) is 3. The van der Waals surface area contributed by atoms with Gasteiger partial charge >= 0.3 is 6.03 Å². The zero-order valence-electron chi connectivity index (χ0n) is 15.2. The minimum atomic E-state index is -3.86. The van der Waals surface area contributed by atoms with Crippen molar-refractivity contribution in [2.75, 3.05) is 16.0 Å². The number of rotatable bonds is 3. The summed E-state index contributed by atoms with van der Waals surface area (Å²) in [5.41, 5.74) is 1.79. The van der Waals surface area contributed by atoms with Crippen molar-refractivity contribution < 1.29 is 13.2 Å². The van der Waals surface area contributed by atoms with Crippen molar-refractivity contribution in [2.45, 2.75) is 4.90 Å². The number of urea groups is 1. The lowest BCUT2D eigenvalue weighted by molar-refractivity contribution is 0.262. The summed E-state index contributed by atoms with van der Waals surface area (Å²) in [7, 11) is -3.86. The van der Waals surface area contributed by atoms with Crippen molar-refractivity contribution in [3.8, 4) is 0 Å². The molecule has 0 bridgehead atoms. The molecular weight excluding hydrogens is 447 g/mol.